The Bertz CT molecular complexity index is 639. The predicted molar refractivity (Wildman–Crippen MR) is 95.2 cm³/mol. The van der Waals surface area contributed by atoms with Gasteiger partial charge in [0.25, 0.3) is 0 Å². The van der Waals surface area contributed by atoms with Gasteiger partial charge in [-0.2, -0.15) is 0 Å². The number of rotatable bonds is 7. The molecule has 0 aliphatic rings. The average Bonchev–Trinajstić information content (AvgIpc) is 2.55. The first-order chi connectivity index (χ1) is 11.2. The number of carbonyl (C=O) groups is 1. The summed E-state index contributed by atoms with van der Waals surface area (Å²) < 4.78 is 5.20. The van der Waals surface area contributed by atoms with Crippen LogP contribution >= 0.6 is 0 Å². The highest BCUT2D eigenvalue weighted by Crippen LogP contribution is 2.15. The van der Waals surface area contributed by atoms with Crippen molar-refractivity contribution in [3.63, 3.8) is 0 Å². The molecule has 0 saturated carbocycles. The van der Waals surface area contributed by atoms with Gasteiger partial charge in [-0.1, -0.05) is 74.0 Å². The van der Waals surface area contributed by atoms with Crippen molar-refractivity contribution in [3.8, 4) is 0 Å². The maximum Gasteiger partial charge on any atom is 0.302 e. The quantitative estimate of drug-likeness (QED) is 0.685. The number of ether oxygens (including phenoxy) is 1. The van der Waals surface area contributed by atoms with Crippen molar-refractivity contribution in [3.05, 3.63) is 76.9 Å². The van der Waals surface area contributed by atoms with E-state index in [9.17, 15) is 4.79 Å². The van der Waals surface area contributed by atoms with Crippen molar-refractivity contribution in [1.29, 1.82) is 0 Å². The molecule has 2 rings (SSSR count). The Morgan fingerprint density at radius 3 is 2.30 bits per heavy atom. The first-order valence-corrected chi connectivity index (χ1v) is 8.13. The molecule has 0 amide bonds. The van der Waals surface area contributed by atoms with E-state index in [1.165, 1.54) is 18.1 Å². The second kappa shape index (κ2) is 8.94. The van der Waals surface area contributed by atoms with Gasteiger partial charge in [0.1, 0.15) is 6.61 Å². The van der Waals surface area contributed by atoms with Gasteiger partial charge < -0.3 is 4.74 Å². The molecule has 0 spiro atoms. The molecule has 0 aliphatic carbocycles. The van der Waals surface area contributed by atoms with E-state index >= 15 is 0 Å². The molecule has 0 unspecified atom stereocenters. The van der Waals surface area contributed by atoms with Gasteiger partial charge in [-0.05, 0) is 35.1 Å². The van der Waals surface area contributed by atoms with Gasteiger partial charge in [0.15, 0.2) is 0 Å². The van der Waals surface area contributed by atoms with E-state index in [4.69, 9.17) is 4.74 Å². The van der Waals surface area contributed by atoms with E-state index < -0.39 is 0 Å². The van der Waals surface area contributed by atoms with Crippen molar-refractivity contribution in [1.82, 2.24) is 0 Å². The SMILES string of the molecule is CCCc1ccc(C=C(COC(C)=O)Cc2ccccc2)cc1. The van der Waals surface area contributed by atoms with Crippen LogP contribution in [0.4, 0.5) is 0 Å². The van der Waals surface area contributed by atoms with Gasteiger partial charge in [0.2, 0.25) is 0 Å². The van der Waals surface area contributed by atoms with E-state index in [-0.39, 0.29) is 5.97 Å². The molecule has 2 heteroatoms. The van der Waals surface area contributed by atoms with Crippen LogP contribution in [0.1, 0.15) is 37.0 Å². The second-order valence-electron chi connectivity index (χ2n) is 5.74. The van der Waals surface area contributed by atoms with E-state index in [0.717, 1.165) is 30.4 Å². The highest BCUT2D eigenvalue weighted by molar-refractivity contribution is 5.66. The minimum absolute atomic E-state index is 0.248. The molecule has 120 valence electrons. The average molecular weight is 308 g/mol. The van der Waals surface area contributed by atoms with Crippen LogP contribution in [-0.2, 0) is 22.4 Å². The zero-order valence-corrected chi connectivity index (χ0v) is 13.9. The number of aryl methyl sites for hydroxylation is 1. The molecule has 0 aromatic heterocycles. The lowest BCUT2D eigenvalue weighted by atomic mass is 10.0. The Kier molecular flexibility index (Phi) is 6.61. The summed E-state index contributed by atoms with van der Waals surface area (Å²) in [4.78, 5) is 11.1. The summed E-state index contributed by atoms with van der Waals surface area (Å²) >= 11 is 0. The number of hydrogen-bond donors (Lipinski definition) is 0. The third kappa shape index (κ3) is 6.11. The summed E-state index contributed by atoms with van der Waals surface area (Å²) in [5, 5.41) is 0. The molecule has 0 N–H and O–H groups in total. The van der Waals surface area contributed by atoms with Crippen molar-refractivity contribution in [2.45, 2.75) is 33.1 Å². The smallest absolute Gasteiger partial charge is 0.302 e. The fourth-order valence-electron chi connectivity index (χ4n) is 2.50. The normalized spacial score (nSPS) is 11.3. The van der Waals surface area contributed by atoms with Gasteiger partial charge in [-0.3, -0.25) is 4.79 Å². The maximum atomic E-state index is 11.1. The Morgan fingerprint density at radius 2 is 1.70 bits per heavy atom. The fourth-order valence-corrected chi connectivity index (χ4v) is 2.50. The summed E-state index contributed by atoms with van der Waals surface area (Å²) in [6, 6.07) is 18.8. The van der Waals surface area contributed by atoms with Crippen LogP contribution in [0.25, 0.3) is 6.08 Å². The van der Waals surface area contributed by atoms with Crippen molar-refractivity contribution in [2.24, 2.45) is 0 Å². The molecular weight excluding hydrogens is 284 g/mol. The molecule has 0 heterocycles. The molecule has 0 saturated heterocycles. The van der Waals surface area contributed by atoms with Crippen LogP contribution in [-0.4, -0.2) is 12.6 Å². The molecule has 0 radical (unpaired) electrons. The Hall–Kier alpha value is -2.35. The minimum atomic E-state index is -0.248. The van der Waals surface area contributed by atoms with Gasteiger partial charge in [-0.25, -0.2) is 0 Å². The lowest BCUT2D eigenvalue weighted by Crippen LogP contribution is -2.05. The molecule has 0 atom stereocenters. The molecule has 2 aromatic rings. The highest BCUT2D eigenvalue weighted by atomic mass is 16.5. The first-order valence-electron chi connectivity index (χ1n) is 8.13. The third-order valence-electron chi connectivity index (χ3n) is 3.62. The van der Waals surface area contributed by atoms with Crippen LogP contribution in [0, 0.1) is 0 Å². The molecular formula is C21H24O2. The van der Waals surface area contributed by atoms with Crippen LogP contribution in [0.5, 0.6) is 0 Å². The fraction of sp³-hybridized carbons (Fsp3) is 0.286. The summed E-state index contributed by atoms with van der Waals surface area (Å²) in [5.41, 5.74) is 4.81. The minimum Gasteiger partial charge on any atom is -0.461 e. The predicted octanol–water partition coefficient (Wildman–Crippen LogP) is 4.83. The third-order valence-corrected chi connectivity index (χ3v) is 3.62. The Labute approximate surface area is 138 Å². The lowest BCUT2D eigenvalue weighted by Gasteiger charge is -2.09. The zero-order valence-electron chi connectivity index (χ0n) is 13.9. The lowest BCUT2D eigenvalue weighted by molar-refractivity contribution is -0.139. The van der Waals surface area contributed by atoms with Crippen LogP contribution in [0.2, 0.25) is 0 Å². The zero-order chi connectivity index (χ0) is 16.5. The van der Waals surface area contributed by atoms with Gasteiger partial charge in [0, 0.05) is 6.92 Å². The van der Waals surface area contributed by atoms with Crippen molar-refractivity contribution >= 4 is 12.0 Å². The molecule has 0 bridgehead atoms. The molecule has 2 aromatic carbocycles. The van der Waals surface area contributed by atoms with Crippen molar-refractivity contribution in [2.75, 3.05) is 6.61 Å². The molecule has 0 aliphatic heterocycles. The summed E-state index contributed by atoms with van der Waals surface area (Å²) in [7, 11) is 0. The van der Waals surface area contributed by atoms with E-state index in [0.29, 0.717) is 6.61 Å². The Balaban J connectivity index is 2.15. The summed E-state index contributed by atoms with van der Waals surface area (Å²) in [6.07, 6.45) is 5.16. The summed E-state index contributed by atoms with van der Waals surface area (Å²) in [6.45, 7) is 3.96. The number of esters is 1. The van der Waals surface area contributed by atoms with Crippen LogP contribution < -0.4 is 0 Å². The standard InChI is InChI=1S/C21H24O2/c1-3-7-18-10-12-20(13-11-18)15-21(16-23-17(2)22)14-19-8-5-4-6-9-19/h4-6,8-13,15H,3,7,14,16H2,1-2H3. The van der Waals surface area contributed by atoms with E-state index in [1.54, 1.807) is 0 Å². The second-order valence-corrected chi connectivity index (χ2v) is 5.74. The van der Waals surface area contributed by atoms with Crippen molar-refractivity contribution < 1.29 is 9.53 Å². The molecule has 0 fully saturated rings. The van der Waals surface area contributed by atoms with E-state index in [1.807, 2.05) is 18.2 Å². The molecule has 23 heavy (non-hydrogen) atoms. The van der Waals surface area contributed by atoms with Crippen LogP contribution in [0.15, 0.2) is 60.2 Å². The number of hydrogen-bond acceptors (Lipinski definition) is 2. The topological polar surface area (TPSA) is 26.3 Å². The van der Waals surface area contributed by atoms with Gasteiger partial charge in [0.05, 0.1) is 0 Å². The monoisotopic (exact) mass is 308 g/mol. The van der Waals surface area contributed by atoms with Crippen LogP contribution in [0.3, 0.4) is 0 Å². The largest absolute Gasteiger partial charge is 0.461 e. The highest BCUT2D eigenvalue weighted by Gasteiger charge is 2.03. The number of benzene rings is 2. The maximum absolute atomic E-state index is 11.1. The summed E-state index contributed by atoms with van der Waals surface area (Å²) in [5.74, 6) is -0.248. The molecule has 2 nitrogen and oxygen atoms in total. The number of carbonyl (C=O) groups excluding carboxylic acids is 1. The Morgan fingerprint density at radius 1 is 1.00 bits per heavy atom. The van der Waals surface area contributed by atoms with E-state index in [2.05, 4.69) is 49.4 Å². The van der Waals surface area contributed by atoms with Gasteiger partial charge in [-0.15, -0.1) is 0 Å². The van der Waals surface area contributed by atoms with Gasteiger partial charge >= 0.3 is 5.97 Å². The first kappa shape index (κ1) is 17.0.